The largest absolute Gasteiger partial charge is 0.494 e. The fourth-order valence-corrected chi connectivity index (χ4v) is 4.45. The second kappa shape index (κ2) is 7.71. The van der Waals surface area contributed by atoms with Crippen molar-refractivity contribution in [3.8, 4) is 5.75 Å². The normalized spacial score (nSPS) is 11.9. The van der Waals surface area contributed by atoms with Crippen LogP contribution in [0.3, 0.4) is 0 Å². The van der Waals surface area contributed by atoms with E-state index in [-0.39, 0.29) is 17.3 Å². The zero-order chi connectivity index (χ0) is 18.7. The van der Waals surface area contributed by atoms with Crippen LogP contribution < -0.4 is 10.1 Å². The molecule has 1 amide bonds. The van der Waals surface area contributed by atoms with Gasteiger partial charge in [0.25, 0.3) is 5.69 Å². The average Bonchev–Trinajstić information content (AvgIpc) is 3.03. The maximum absolute atomic E-state index is 12.5. The summed E-state index contributed by atoms with van der Waals surface area (Å²) in [4.78, 5) is 27.3. The van der Waals surface area contributed by atoms with Gasteiger partial charge in [-0.15, -0.1) is 11.3 Å². The fourth-order valence-electron chi connectivity index (χ4n) is 2.24. The highest BCUT2D eigenvalue weighted by atomic mass is 32.2. The molecule has 0 aliphatic heterocycles. The van der Waals surface area contributed by atoms with Gasteiger partial charge in [0.05, 0.1) is 39.3 Å². The molecule has 0 aliphatic rings. The number of non-ortho nitro benzene ring substituents is 1. The Bertz CT molecular complexity index is 941. The van der Waals surface area contributed by atoms with E-state index in [9.17, 15) is 14.9 Å². The monoisotopic (exact) mass is 389 g/mol. The van der Waals surface area contributed by atoms with Crippen LogP contribution in [0.5, 0.6) is 5.75 Å². The number of anilines is 1. The summed E-state index contributed by atoms with van der Waals surface area (Å²) in [5, 5.41) is 13.2. The number of rotatable bonds is 6. The fraction of sp³-hybridized carbons (Fsp3) is 0.176. The van der Waals surface area contributed by atoms with Crippen molar-refractivity contribution in [2.24, 2.45) is 0 Å². The summed E-state index contributed by atoms with van der Waals surface area (Å²) in [6, 6.07) is 11.9. The minimum Gasteiger partial charge on any atom is -0.494 e. The van der Waals surface area contributed by atoms with E-state index in [4.69, 9.17) is 4.74 Å². The van der Waals surface area contributed by atoms with Crippen molar-refractivity contribution in [2.45, 2.75) is 16.5 Å². The van der Waals surface area contributed by atoms with Gasteiger partial charge in [-0.1, -0.05) is 23.9 Å². The summed E-state index contributed by atoms with van der Waals surface area (Å²) in [6.07, 6.45) is 0. The number of thiazole rings is 1. The van der Waals surface area contributed by atoms with Gasteiger partial charge in [0.1, 0.15) is 5.75 Å². The van der Waals surface area contributed by atoms with Gasteiger partial charge < -0.3 is 10.1 Å². The number of para-hydroxylation sites is 1. The Labute approximate surface area is 157 Å². The molecular weight excluding hydrogens is 374 g/mol. The predicted molar refractivity (Wildman–Crippen MR) is 103 cm³/mol. The lowest BCUT2D eigenvalue weighted by Gasteiger charge is -2.13. The maximum Gasteiger partial charge on any atom is 0.273 e. The van der Waals surface area contributed by atoms with E-state index < -0.39 is 10.2 Å². The number of nitrogens with zero attached hydrogens (tertiary/aromatic N) is 2. The van der Waals surface area contributed by atoms with Crippen molar-refractivity contribution in [3.05, 3.63) is 52.6 Å². The first kappa shape index (κ1) is 18.2. The zero-order valence-electron chi connectivity index (χ0n) is 14.0. The molecule has 0 fully saturated rings. The molecular formula is C17H15N3O4S2. The van der Waals surface area contributed by atoms with E-state index in [0.717, 1.165) is 14.6 Å². The van der Waals surface area contributed by atoms with Crippen LogP contribution in [0.2, 0.25) is 0 Å². The lowest BCUT2D eigenvalue weighted by atomic mass is 10.2. The molecule has 134 valence electrons. The Morgan fingerprint density at radius 3 is 2.81 bits per heavy atom. The van der Waals surface area contributed by atoms with Gasteiger partial charge in [0, 0.05) is 6.07 Å². The quantitative estimate of drug-likeness (QED) is 0.383. The molecule has 1 N–H and O–H groups in total. The van der Waals surface area contributed by atoms with Crippen LogP contribution in [0, 0.1) is 10.1 Å². The number of nitro groups is 1. The maximum atomic E-state index is 12.5. The van der Waals surface area contributed by atoms with Crippen molar-refractivity contribution >= 4 is 50.6 Å². The van der Waals surface area contributed by atoms with Crippen molar-refractivity contribution in [3.63, 3.8) is 0 Å². The van der Waals surface area contributed by atoms with E-state index >= 15 is 0 Å². The van der Waals surface area contributed by atoms with Gasteiger partial charge in [-0.2, -0.15) is 0 Å². The number of carbonyl (C=O) groups is 1. The first-order chi connectivity index (χ1) is 12.5. The van der Waals surface area contributed by atoms with E-state index in [1.165, 1.54) is 48.4 Å². The number of methoxy groups -OCH3 is 1. The van der Waals surface area contributed by atoms with Gasteiger partial charge in [-0.25, -0.2) is 4.98 Å². The highest BCUT2D eigenvalue weighted by Crippen LogP contribution is 2.33. The SMILES string of the molecule is COc1cc([N+](=O)[O-])ccc1NC(=O)[C@@H](C)Sc1nc2ccccc2s1. The number of ether oxygens (including phenoxy) is 1. The van der Waals surface area contributed by atoms with E-state index in [0.29, 0.717) is 5.69 Å². The summed E-state index contributed by atoms with van der Waals surface area (Å²) in [6.45, 7) is 1.78. The lowest BCUT2D eigenvalue weighted by molar-refractivity contribution is -0.384. The molecule has 0 aliphatic carbocycles. The second-order valence-electron chi connectivity index (χ2n) is 5.34. The standard InChI is InChI=1S/C17H15N3O4S2/c1-10(25-17-19-13-5-3-4-6-15(13)26-17)16(21)18-12-8-7-11(20(22)23)9-14(12)24-2/h3-10H,1-2H3,(H,18,21)/t10-/m1/s1. The lowest BCUT2D eigenvalue weighted by Crippen LogP contribution is -2.22. The van der Waals surface area contributed by atoms with Crippen molar-refractivity contribution in [1.29, 1.82) is 0 Å². The van der Waals surface area contributed by atoms with Gasteiger partial charge >= 0.3 is 0 Å². The molecule has 1 aromatic heterocycles. The molecule has 1 atom stereocenters. The molecule has 9 heteroatoms. The molecule has 1 heterocycles. The number of hydrogen-bond acceptors (Lipinski definition) is 7. The number of amides is 1. The van der Waals surface area contributed by atoms with E-state index in [2.05, 4.69) is 10.3 Å². The number of hydrogen-bond donors (Lipinski definition) is 1. The minimum absolute atomic E-state index is 0.100. The third-order valence-electron chi connectivity index (χ3n) is 3.57. The second-order valence-corrected chi connectivity index (χ2v) is 7.96. The number of fused-ring (bicyclic) bond motifs is 1. The van der Waals surface area contributed by atoms with Crippen LogP contribution in [0.25, 0.3) is 10.2 Å². The molecule has 7 nitrogen and oxygen atoms in total. The zero-order valence-corrected chi connectivity index (χ0v) is 15.6. The highest BCUT2D eigenvalue weighted by molar-refractivity contribution is 8.02. The summed E-state index contributed by atoms with van der Waals surface area (Å²) in [5.74, 6) is 0.00569. The summed E-state index contributed by atoms with van der Waals surface area (Å²) < 4.78 is 7.02. The molecule has 0 saturated carbocycles. The van der Waals surface area contributed by atoms with Crippen LogP contribution in [0.4, 0.5) is 11.4 Å². The molecule has 26 heavy (non-hydrogen) atoms. The Morgan fingerprint density at radius 1 is 1.35 bits per heavy atom. The van der Waals surface area contributed by atoms with Gasteiger partial charge in [-0.05, 0) is 25.1 Å². The average molecular weight is 389 g/mol. The molecule has 0 spiro atoms. The predicted octanol–water partition coefficient (Wildman–Crippen LogP) is 4.33. The van der Waals surface area contributed by atoms with Crippen LogP contribution >= 0.6 is 23.1 Å². The minimum atomic E-state index is -0.514. The summed E-state index contributed by atoms with van der Waals surface area (Å²) in [7, 11) is 1.40. The molecule has 3 rings (SSSR count). The summed E-state index contributed by atoms with van der Waals surface area (Å²) in [5.41, 5.74) is 1.20. The first-order valence-electron chi connectivity index (χ1n) is 7.63. The Hall–Kier alpha value is -2.65. The van der Waals surface area contributed by atoms with Crippen molar-refractivity contribution < 1.29 is 14.5 Å². The Kier molecular flexibility index (Phi) is 5.38. The van der Waals surface area contributed by atoms with Gasteiger partial charge in [0.15, 0.2) is 4.34 Å². The van der Waals surface area contributed by atoms with Gasteiger partial charge in [0.2, 0.25) is 5.91 Å². The number of carbonyl (C=O) groups excluding carboxylic acids is 1. The van der Waals surface area contributed by atoms with Crippen molar-refractivity contribution in [1.82, 2.24) is 4.98 Å². The molecule has 3 aromatic rings. The number of nitro benzene ring substituents is 1. The Morgan fingerprint density at radius 2 is 2.12 bits per heavy atom. The van der Waals surface area contributed by atoms with E-state index in [1.54, 1.807) is 6.92 Å². The third-order valence-corrected chi connectivity index (χ3v) is 5.81. The number of nitrogens with one attached hydrogen (secondary N) is 1. The molecule has 0 bridgehead atoms. The molecule has 0 unspecified atom stereocenters. The smallest absolute Gasteiger partial charge is 0.273 e. The van der Waals surface area contributed by atoms with E-state index in [1.807, 2.05) is 24.3 Å². The van der Waals surface area contributed by atoms with Crippen LogP contribution in [0.15, 0.2) is 46.8 Å². The topological polar surface area (TPSA) is 94.4 Å². The third kappa shape index (κ3) is 3.94. The first-order valence-corrected chi connectivity index (χ1v) is 9.33. The van der Waals surface area contributed by atoms with Crippen LogP contribution in [0.1, 0.15) is 6.92 Å². The highest BCUT2D eigenvalue weighted by Gasteiger charge is 2.19. The number of benzene rings is 2. The molecule has 0 radical (unpaired) electrons. The van der Waals surface area contributed by atoms with Crippen LogP contribution in [-0.2, 0) is 4.79 Å². The molecule has 0 saturated heterocycles. The van der Waals surface area contributed by atoms with Crippen molar-refractivity contribution in [2.75, 3.05) is 12.4 Å². The number of thioether (sulfide) groups is 1. The van der Waals surface area contributed by atoms with Gasteiger partial charge in [-0.3, -0.25) is 14.9 Å². The Balaban J connectivity index is 1.71. The number of aromatic nitrogens is 1. The van der Waals surface area contributed by atoms with Crippen LogP contribution in [-0.4, -0.2) is 28.2 Å². The molecule has 2 aromatic carbocycles. The summed E-state index contributed by atoms with van der Waals surface area (Å²) >= 11 is 2.90.